The molecule has 0 radical (unpaired) electrons. The van der Waals surface area contributed by atoms with Gasteiger partial charge in [-0.25, -0.2) is 0 Å². The van der Waals surface area contributed by atoms with Crippen LogP contribution in [-0.4, -0.2) is 17.3 Å². The van der Waals surface area contributed by atoms with Crippen LogP contribution in [0.4, 0.5) is 0 Å². The first-order valence-corrected chi connectivity index (χ1v) is 7.10. The number of nitrogens with one attached hydrogen (secondary N) is 1. The number of halogens is 3. The summed E-state index contributed by atoms with van der Waals surface area (Å²) in [5.74, 6) is 0.342. The second-order valence-electron chi connectivity index (χ2n) is 4.38. The molecule has 1 aromatic rings. The fourth-order valence-corrected chi connectivity index (χ4v) is 3.09. The van der Waals surface area contributed by atoms with Crippen molar-refractivity contribution in [3.05, 3.63) is 33.3 Å². The van der Waals surface area contributed by atoms with E-state index >= 15 is 0 Å². The molecule has 2 nitrogen and oxygen atoms in total. The maximum Gasteiger partial charge on any atom is 0.251 e. The van der Waals surface area contributed by atoms with E-state index in [-0.39, 0.29) is 11.4 Å². The summed E-state index contributed by atoms with van der Waals surface area (Å²) < 4.78 is 0.795. The summed E-state index contributed by atoms with van der Waals surface area (Å²) in [7, 11) is 0. The smallest absolute Gasteiger partial charge is 0.251 e. The zero-order chi connectivity index (χ0) is 12.5. The molecule has 0 aliphatic heterocycles. The maximum atomic E-state index is 12.1. The highest BCUT2D eigenvalue weighted by atomic mass is 79.9. The summed E-state index contributed by atoms with van der Waals surface area (Å²) in [4.78, 5) is 12.1. The van der Waals surface area contributed by atoms with Gasteiger partial charge in [0.05, 0.1) is 5.54 Å². The lowest BCUT2D eigenvalue weighted by Crippen LogP contribution is -2.55. The van der Waals surface area contributed by atoms with E-state index < -0.39 is 0 Å². The highest BCUT2D eigenvalue weighted by Gasteiger charge is 2.37. The molecule has 1 fully saturated rings. The molecule has 0 heterocycles. The van der Waals surface area contributed by atoms with Crippen LogP contribution in [0.15, 0.2) is 22.7 Å². The van der Waals surface area contributed by atoms with Crippen LogP contribution in [-0.2, 0) is 0 Å². The molecular weight excluding hydrogens is 325 g/mol. The van der Waals surface area contributed by atoms with Crippen LogP contribution in [0.25, 0.3) is 0 Å². The monoisotopic (exact) mass is 335 g/mol. The third-order valence-corrected chi connectivity index (χ3v) is 4.26. The van der Waals surface area contributed by atoms with Crippen LogP contribution in [0.2, 0.25) is 5.02 Å². The maximum absolute atomic E-state index is 12.1. The number of amides is 1. The normalized spacial score (nSPS) is 17.4. The fourth-order valence-electron chi connectivity index (χ4n) is 1.89. The Morgan fingerprint density at radius 2 is 2.12 bits per heavy atom. The van der Waals surface area contributed by atoms with Crippen LogP contribution in [0, 0.1) is 0 Å². The number of hydrogen-bond acceptors (Lipinski definition) is 1. The van der Waals surface area contributed by atoms with Gasteiger partial charge in [-0.2, -0.15) is 0 Å². The third-order valence-electron chi connectivity index (χ3n) is 3.07. The average molecular weight is 337 g/mol. The van der Waals surface area contributed by atoms with Crippen LogP contribution in [0.3, 0.4) is 0 Å². The van der Waals surface area contributed by atoms with E-state index in [9.17, 15) is 4.79 Å². The zero-order valence-corrected chi connectivity index (χ0v) is 12.2. The van der Waals surface area contributed by atoms with Gasteiger partial charge in [0.25, 0.3) is 5.91 Å². The minimum absolute atomic E-state index is 0.117. The van der Waals surface area contributed by atoms with Gasteiger partial charge >= 0.3 is 0 Å². The van der Waals surface area contributed by atoms with Gasteiger partial charge in [0.15, 0.2) is 0 Å². The molecule has 1 amide bonds. The van der Waals surface area contributed by atoms with E-state index in [0.717, 1.165) is 23.7 Å². The van der Waals surface area contributed by atoms with Crippen molar-refractivity contribution in [3.8, 4) is 0 Å². The lowest BCUT2D eigenvalue weighted by Gasteiger charge is -2.41. The van der Waals surface area contributed by atoms with Crippen molar-refractivity contribution in [2.24, 2.45) is 0 Å². The number of rotatable bonds is 3. The SMILES string of the molecule is O=C(NC1(CCl)CCC1)c1cc(Cl)cc(Br)c1. The molecule has 0 atom stereocenters. The molecule has 1 aliphatic rings. The van der Waals surface area contributed by atoms with Gasteiger partial charge in [0.1, 0.15) is 0 Å². The van der Waals surface area contributed by atoms with E-state index in [1.807, 2.05) is 0 Å². The van der Waals surface area contributed by atoms with E-state index in [1.54, 1.807) is 18.2 Å². The van der Waals surface area contributed by atoms with Gasteiger partial charge in [0.2, 0.25) is 0 Å². The largest absolute Gasteiger partial charge is 0.345 e. The Balaban J connectivity index is 2.14. The Kier molecular flexibility index (Phi) is 4.01. The van der Waals surface area contributed by atoms with Crippen molar-refractivity contribution in [1.82, 2.24) is 5.32 Å². The van der Waals surface area contributed by atoms with Gasteiger partial charge in [-0.3, -0.25) is 4.79 Å². The summed E-state index contributed by atoms with van der Waals surface area (Å²) in [5.41, 5.74) is 0.341. The zero-order valence-electron chi connectivity index (χ0n) is 9.10. The number of hydrogen-bond donors (Lipinski definition) is 1. The van der Waals surface area contributed by atoms with Crippen molar-refractivity contribution in [2.45, 2.75) is 24.8 Å². The van der Waals surface area contributed by atoms with Crippen molar-refractivity contribution in [1.29, 1.82) is 0 Å². The molecule has 0 bridgehead atoms. The van der Waals surface area contributed by atoms with E-state index in [4.69, 9.17) is 23.2 Å². The van der Waals surface area contributed by atoms with Gasteiger partial charge in [-0.1, -0.05) is 27.5 Å². The quantitative estimate of drug-likeness (QED) is 0.831. The minimum Gasteiger partial charge on any atom is -0.345 e. The molecule has 1 aliphatic carbocycles. The van der Waals surface area contributed by atoms with Crippen LogP contribution in [0.1, 0.15) is 29.6 Å². The van der Waals surface area contributed by atoms with E-state index in [2.05, 4.69) is 21.2 Å². The molecule has 0 unspecified atom stereocenters. The number of carbonyl (C=O) groups is 1. The predicted molar refractivity (Wildman–Crippen MR) is 73.9 cm³/mol. The number of benzene rings is 1. The summed E-state index contributed by atoms with van der Waals surface area (Å²) in [6.45, 7) is 0. The average Bonchev–Trinajstić information content (AvgIpc) is 2.21. The number of alkyl halides is 1. The molecule has 0 spiro atoms. The van der Waals surface area contributed by atoms with Gasteiger partial charge in [-0.15, -0.1) is 11.6 Å². The lowest BCUT2D eigenvalue weighted by molar-refractivity contribution is 0.0854. The van der Waals surface area contributed by atoms with Gasteiger partial charge in [0, 0.05) is 20.9 Å². The van der Waals surface area contributed by atoms with Crippen LogP contribution in [0.5, 0.6) is 0 Å². The third kappa shape index (κ3) is 2.95. The standard InChI is InChI=1S/C12H12BrCl2NO/c13-9-4-8(5-10(15)6-9)11(17)16-12(7-14)2-1-3-12/h4-6H,1-3,7H2,(H,16,17). The topological polar surface area (TPSA) is 29.1 Å². The van der Waals surface area contributed by atoms with Crippen molar-refractivity contribution >= 4 is 45.0 Å². The second-order valence-corrected chi connectivity index (χ2v) is 6.00. The molecule has 0 saturated heterocycles. The molecule has 1 saturated carbocycles. The van der Waals surface area contributed by atoms with Gasteiger partial charge < -0.3 is 5.32 Å². The van der Waals surface area contributed by atoms with Crippen LogP contribution < -0.4 is 5.32 Å². The summed E-state index contributed by atoms with van der Waals surface area (Å²) >= 11 is 15.1. The second kappa shape index (κ2) is 5.17. The first-order valence-electron chi connectivity index (χ1n) is 5.39. The van der Waals surface area contributed by atoms with Crippen LogP contribution >= 0.6 is 39.1 Å². The molecule has 2 rings (SSSR count). The molecule has 92 valence electrons. The Morgan fingerprint density at radius 3 is 2.59 bits per heavy atom. The molecule has 5 heteroatoms. The molecular formula is C12H12BrCl2NO. The van der Waals surface area contributed by atoms with Gasteiger partial charge in [-0.05, 0) is 37.5 Å². The molecule has 17 heavy (non-hydrogen) atoms. The molecule has 1 N–H and O–H groups in total. The Hall–Kier alpha value is -0.250. The summed E-state index contributed by atoms with van der Waals surface area (Å²) in [6, 6.07) is 5.16. The minimum atomic E-state index is -0.215. The summed E-state index contributed by atoms with van der Waals surface area (Å²) in [6.07, 6.45) is 3.01. The van der Waals surface area contributed by atoms with Crippen molar-refractivity contribution < 1.29 is 4.79 Å². The Morgan fingerprint density at radius 1 is 1.41 bits per heavy atom. The Labute approximate surface area is 119 Å². The van der Waals surface area contributed by atoms with Crippen molar-refractivity contribution in [2.75, 3.05) is 5.88 Å². The van der Waals surface area contributed by atoms with Crippen molar-refractivity contribution in [3.63, 3.8) is 0 Å². The predicted octanol–water partition coefficient (Wildman–Crippen LogP) is 3.99. The highest BCUT2D eigenvalue weighted by molar-refractivity contribution is 9.10. The van der Waals surface area contributed by atoms with E-state index in [0.29, 0.717) is 16.5 Å². The molecule has 1 aromatic carbocycles. The first kappa shape index (κ1) is 13.2. The van der Waals surface area contributed by atoms with E-state index in [1.165, 1.54) is 0 Å². The fraction of sp³-hybridized carbons (Fsp3) is 0.417. The Bertz CT molecular complexity index is 420. The molecule has 0 aromatic heterocycles. The lowest BCUT2D eigenvalue weighted by atomic mass is 9.78. The first-order chi connectivity index (χ1) is 8.04. The summed E-state index contributed by atoms with van der Waals surface area (Å²) in [5, 5.41) is 3.54. The highest BCUT2D eigenvalue weighted by Crippen LogP contribution is 2.33. The number of carbonyl (C=O) groups excluding carboxylic acids is 1.